The Balaban J connectivity index is 1.74. The highest BCUT2D eigenvalue weighted by Gasteiger charge is 2.14. The Hall–Kier alpha value is -1.78. The van der Waals surface area contributed by atoms with E-state index in [2.05, 4.69) is 22.6 Å². The number of nitrogens with one attached hydrogen (secondary N) is 1. The highest BCUT2D eigenvalue weighted by molar-refractivity contribution is 5.73. The number of aromatic nitrogens is 2. The van der Waals surface area contributed by atoms with Gasteiger partial charge in [-0.2, -0.15) is 5.10 Å². The van der Waals surface area contributed by atoms with Gasteiger partial charge in [-0.25, -0.2) is 4.79 Å². The van der Waals surface area contributed by atoms with Crippen LogP contribution in [0.5, 0.6) is 0 Å². The topological polar surface area (TPSA) is 50.2 Å². The lowest BCUT2D eigenvalue weighted by molar-refractivity contribution is 0.204. The van der Waals surface area contributed by atoms with Crippen molar-refractivity contribution in [3.8, 4) is 0 Å². The standard InChI is InChI=1S/C14H22N4O/c1-17(10-13-9-16-18(2)11-13)14(19)15-8-12-6-4-3-5-7-12/h3-4,9,11-12H,5-8,10H2,1-2H3,(H,15,19). The fraction of sp³-hybridized carbons (Fsp3) is 0.571. The van der Waals surface area contributed by atoms with Crippen LogP contribution in [0, 0.1) is 5.92 Å². The van der Waals surface area contributed by atoms with Gasteiger partial charge < -0.3 is 10.2 Å². The molecule has 0 fully saturated rings. The van der Waals surface area contributed by atoms with Gasteiger partial charge in [0.1, 0.15) is 0 Å². The zero-order valence-corrected chi connectivity index (χ0v) is 11.7. The van der Waals surface area contributed by atoms with Gasteiger partial charge >= 0.3 is 6.03 Å². The van der Waals surface area contributed by atoms with Crippen molar-refractivity contribution in [2.24, 2.45) is 13.0 Å². The number of hydrogen-bond donors (Lipinski definition) is 1. The Morgan fingerprint density at radius 1 is 1.58 bits per heavy atom. The van der Waals surface area contributed by atoms with Crippen molar-refractivity contribution in [3.63, 3.8) is 0 Å². The van der Waals surface area contributed by atoms with E-state index in [9.17, 15) is 4.79 Å². The summed E-state index contributed by atoms with van der Waals surface area (Å²) in [4.78, 5) is 13.7. The minimum Gasteiger partial charge on any atom is -0.338 e. The maximum atomic E-state index is 12.0. The van der Waals surface area contributed by atoms with E-state index in [0.29, 0.717) is 12.5 Å². The van der Waals surface area contributed by atoms with Crippen LogP contribution in [0.25, 0.3) is 0 Å². The number of aryl methyl sites for hydroxylation is 1. The van der Waals surface area contributed by atoms with Gasteiger partial charge in [0.2, 0.25) is 0 Å². The lowest BCUT2D eigenvalue weighted by atomic mass is 9.94. The van der Waals surface area contributed by atoms with Crippen molar-refractivity contribution >= 4 is 6.03 Å². The SMILES string of the molecule is CN(Cc1cnn(C)c1)C(=O)NCC1CC=CCC1. The number of hydrogen-bond acceptors (Lipinski definition) is 2. The summed E-state index contributed by atoms with van der Waals surface area (Å²) in [6.45, 7) is 1.35. The average molecular weight is 262 g/mol. The Bertz CT molecular complexity index is 452. The molecule has 0 saturated carbocycles. The molecule has 0 aromatic carbocycles. The quantitative estimate of drug-likeness (QED) is 0.843. The number of rotatable bonds is 4. The molecule has 5 nitrogen and oxygen atoms in total. The zero-order chi connectivity index (χ0) is 13.7. The molecule has 1 aliphatic carbocycles. The van der Waals surface area contributed by atoms with Gasteiger partial charge in [-0.1, -0.05) is 12.2 Å². The van der Waals surface area contributed by atoms with E-state index >= 15 is 0 Å². The van der Waals surface area contributed by atoms with Gasteiger partial charge in [-0.15, -0.1) is 0 Å². The first-order valence-corrected chi connectivity index (χ1v) is 6.76. The van der Waals surface area contributed by atoms with Gasteiger partial charge in [-0.3, -0.25) is 4.68 Å². The molecule has 0 aliphatic heterocycles. The van der Waals surface area contributed by atoms with E-state index in [1.54, 1.807) is 15.8 Å². The molecule has 2 amide bonds. The second-order valence-corrected chi connectivity index (χ2v) is 5.21. The molecule has 2 rings (SSSR count). The van der Waals surface area contributed by atoms with Crippen LogP contribution >= 0.6 is 0 Å². The second kappa shape index (κ2) is 6.41. The van der Waals surface area contributed by atoms with Gasteiger partial charge in [0.15, 0.2) is 0 Å². The van der Waals surface area contributed by atoms with Gasteiger partial charge in [0, 0.05) is 32.4 Å². The van der Waals surface area contributed by atoms with Crippen molar-refractivity contribution < 1.29 is 4.79 Å². The summed E-state index contributed by atoms with van der Waals surface area (Å²) in [6, 6.07) is -0.0154. The number of urea groups is 1. The maximum Gasteiger partial charge on any atom is 0.317 e. The Kier molecular flexibility index (Phi) is 4.60. The summed E-state index contributed by atoms with van der Waals surface area (Å²) in [6.07, 6.45) is 11.5. The summed E-state index contributed by atoms with van der Waals surface area (Å²) in [5.41, 5.74) is 1.04. The minimum atomic E-state index is -0.0154. The van der Waals surface area contributed by atoms with Crippen molar-refractivity contribution in [1.29, 1.82) is 0 Å². The Morgan fingerprint density at radius 3 is 3.05 bits per heavy atom. The zero-order valence-electron chi connectivity index (χ0n) is 11.7. The van der Waals surface area contributed by atoms with Crippen molar-refractivity contribution in [3.05, 3.63) is 30.1 Å². The van der Waals surface area contributed by atoms with E-state index in [0.717, 1.165) is 24.9 Å². The van der Waals surface area contributed by atoms with E-state index < -0.39 is 0 Å². The van der Waals surface area contributed by atoms with E-state index in [-0.39, 0.29) is 6.03 Å². The normalized spacial score (nSPS) is 18.3. The molecule has 1 atom stereocenters. The minimum absolute atomic E-state index is 0.0154. The molecule has 1 aromatic rings. The van der Waals surface area contributed by atoms with E-state index in [4.69, 9.17) is 0 Å². The summed E-state index contributed by atoms with van der Waals surface area (Å²) < 4.78 is 1.75. The largest absolute Gasteiger partial charge is 0.338 e. The highest BCUT2D eigenvalue weighted by atomic mass is 16.2. The van der Waals surface area contributed by atoms with Gasteiger partial charge in [0.25, 0.3) is 0 Å². The molecule has 0 bridgehead atoms. The molecular formula is C14H22N4O. The molecule has 1 aliphatic rings. The van der Waals surface area contributed by atoms with Crippen LogP contribution in [0.2, 0.25) is 0 Å². The fourth-order valence-corrected chi connectivity index (χ4v) is 2.31. The highest BCUT2D eigenvalue weighted by Crippen LogP contribution is 2.16. The summed E-state index contributed by atoms with van der Waals surface area (Å²) in [5, 5.41) is 7.10. The first kappa shape index (κ1) is 13.6. The number of allylic oxidation sites excluding steroid dienone is 2. The third-order valence-corrected chi connectivity index (χ3v) is 3.44. The number of carbonyl (C=O) groups is 1. The van der Waals surface area contributed by atoms with Crippen LogP contribution in [0.1, 0.15) is 24.8 Å². The second-order valence-electron chi connectivity index (χ2n) is 5.21. The van der Waals surface area contributed by atoms with Gasteiger partial charge in [0.05, 0.1) is 12.7 Å². The number of amides is 2. The van der Waals surface area contributed by atoms with Crippen LogP contribution in [0.3, 0.4) is 0 Å². The van der Waals surface area contributed by atoms with Gasteiger partial charge in [-0.05, 0) is 25.2 Å². The molecule has 19 heavy (non-hydrogen) atoms. The molecule has 5 heteroatoms. The van der Waals surface area contributed by atoms with Crippen LogP contribution in [-0.4, -0.2) is 34.3 Å². The number of nitrogens with zero attached hydrogens (tertiary/aromatic N) is 3. The van der Waals surface area contributed by atoms with Crippen molar-refractivity contribution in [2.45, 2.75) is 25.8 Å². The molecule has 1 heterocycles. The molecule has 0 saturated heterocycles. The van der Waals surface area contributed by atoms with Crippen molar-refractivity contribution in [1.82, 2.24) is 20.0 Å². The lowest BCUT2D eigenvalue weighted by Crippen LogP contribution is -2.39. The number of carbonyl (C=O) groups excluding carboxylic acids is 1. The third-order valence-electron chi connectivity index (χ3n) is 3.44. The van der Waals surface area contributed by atoms with E-state index in [1.165, 1.54) is 6.42 Å². The van der Waals surface area contributed by atoms with Crippen molar-refractivity contribution in [2.75, 3.05) is 13.6 Å². The summed E-state index contributed by atoms with van der Waals surface area (Å²) >= 11 is 0. The molecule has 1 unspecified atom stereocenters. The Labute approximate surface area is 114 Å². The molecular weight excluding hydrogens is 240 g/mol. The molecule has 1 N–H and O–H groups in total. The predicted octanol–water partition coefficient (Wildman–Crippen LogP) is 1.92. The first-order chi connectivity index (χ1) is 9.15. The van der Waals surface area contributed by atoms with Crippen LogP contribution in [0.15, 0.2) is 24.5 Å². The maximum absolute atomic E-state index is 12.0. The fourth-order valence-electron chi connectivity index (χ4n) is 2.31. The monoisotopic (exact) mass is 262 g/mol. The molecule has 0 radical (unpaired) electrons. The van der Waals surface area contributed by atoms with Crippen LogP contribution in [-0.2, 0) is 13.6 Å². The third kappa shape index (κ3) is 4.12. The smallest absolute Gasteiger partial charge is 0.317 e. The lowest BCUT2D eigenvalue weighted by Gasteiger charge is -2.21. The molecule has 0 spiro atoms. The summed E-state index contributed by atoms with van der Waals surface area (Å²) in [7, 11) is 3.68. The molecule has 1 aromatic heterocycles. The molecule has 104 valence electrons. The van der Waals surface area contributed by atoms with Crippen LogP contribution in [0.4, 0.5) is 4.79 Å². The average Bonchev–Trinajstić information content (AvgIpc) is 2.82. The first-order valence-electron chi connectivity index (χ1n) is 6.76. The summed E-state index contributed by atoms with van der Waals surface area (Å²) in [5.74, 6) is 0.584. The predicted molar refractivity (Wildman–Crippen MR) is 74.6 cm³/mol. The van der Waals surface area contributed by atoms with E-state index in [1.807, 2.05) is 20.3 Å². The Morgan fingerprint density at radius 2 is 2.42 bits per heavy atom. The van der Waals surface area contributed by atoms with Crippen LogP contribution < -0.4 is 5.32 Å².